The number of guanidine groups is 1. The molecule has 2 N–H and O–H groups in total. The Kier molecular flexibility index (Phi) is 4.99. The predicted octanol–water partition coefficient (Wildman–Crippen LogP) is 3.62. The molecule has 3 aliphatic carbocycles. The Morgan fingerprint density at radius 1 is 1.24 bits per heavy atom. The van der Waals surface area contributed by atoms with Crippen LogP contribution in [-0.2, 0) is 28.0 Å². The maximum Gasteiger partial charge on any atom is 0.262 e. The fraction of sp³-hybridized carbons (Fsp3) is 0.560. The van der Waals surface area contributed by atoms with Crippen molar-refractivity contribution in [3.8, 4) is 5.75 Å². The number of hydrogen-bond donors (Lipinski definition) is 1. The van der Waals surface area contributed by atoms with Crippen LogP contribution in [0.5, 0.6) is 5.75 Å². The number of rotatable bonds is 6. The summed E-state index contributed by atoms with van der Waals surface area (Å²) in [6, 6.07) is 6.26. The lowest BCUT2D eigenvalue weighted by molar-refractivity contribution is -0.138. The van der Waals surface area contributed by atoms with Gasteiger partial charge in [-0.1, -0.05) is 6.07 Å². The summed E-state index contributed by atoms with van der Waals surface area (Å²) < 4.78 is 11.8. The molecule has 2 fully saturated rings. The van der Waals surface area contributed by atoms with Crippen LogP contribution in [0.2, 0.25) is 0 Å². The zero-order valence-corrected chi connectivity index (χ0v) is 19.8. The summed E-state index contributed by atoms with van der Waals surface area (Å²) in [5.41, 5.74) is 9.14. The molecular formula is C25H30N4O3S. The number of carbonyl (C=O) groups excluding carboxylic acids is 1. The van der Waals surface area contributed by atoms with Crippen molar-refractivity contribution >= 4 is 23.2 Å². The van der Waals surface area contributed by atoms with Gasteiger partial charge in [0.25, 0.3) is 5.91 Å². The minimum Gasteiger partial charge on any atom is -0.493 e. The third kappa shape index (κ3) is 3.29. The number of amides is 1. The number of methoxy groups -OCH3 is 1. The summed E-state index contributed by atoms with van der Waals surface area (Å²) in [6.07, 6.45) is 8.96. The molecule has 1 atom stereocenters. The number of nitrogens with two attached hydrogens (primary N) is 1. The van der Waals surface area contributed by atoms with Crippen molar-refractivity contribution in [2.45, 2.75) is 63.1 Å². The number of fused-ring (bicyclic) bond motifs is 3. The number of thiazole rings is 1. The van der Waals surface area contributed by atoms with Crippen LogP contribution >= 0.6 is 11.3 Å². The summed E-state index contributed by atoms with van der Waals surface area (Å²) in [4.78, 5) is 26.1. The van der Waals surface area contributed by atoms with Crippen LogP contribution in [0, 0.1) is 11.3 Å². The highest BCUT2D eigenvalue weighted by Crippen LogP contribution is 2.62. The number of hydrogen-bond acceptors (Lipinski definition) is 7. The highest BCUT2D eigenvalue weighted by molar-refractivity contribution is 7.09. The van der Waals surface area contributed by atoms with Crippen molar-refractivity contribution in [3.05, 3.63) is 45.9 Å². The Labute approximate surface area is 198 Å². The van der Waals surface area contributed by atoms with Crippen LogP contribution in [-0.4, -0.2) is 41.6 Å². The van der Waals surface area contributed by atoms with Gasteiger partial charge in [0.05, 0.1) is 24.8 Å². The average molecular weight is 467 g/mol. The van der Waals surface area contributed by atoms with Crippen LogP contribution < -0.4 is 10.5 Å². The highest BCUT2D eigenvalue weighted by Gasteiger charge is 2.66. The molecule has 0 bridgehead atoms. The molecule has 2 heterocycles. The van der Waals surface area contributed by atoms with Crippen molar-refractivity contribution in [2.75, 3.05) is 13.7 Å². The first-order valence-corrected chi connectivity index (χ1v) is 12.8. The Balaban J connectivity index is 1.41. The summed E-state index contributed by atoms with van der Waals surface area (Å²) in [5, 5.41) is 0. The standard InChI is InChI=1S/C25H30N4O3S/c1-31-18-6-8-24(9-7-18)11-17-4-5-19(32-14-16-2-3-16)10-21(17)25(24)22(30)29(23(26)28-25)13-20-12-27-15-33-20/h4-5,10,12,15-16,18H,2-3,6-9,11,13-14H2,1H3,(H2,26,28). The van der Waals surface area contributed by atoms with E-state index in [4.69, 9.17) is 20.2 Å². The normalized spacial score (nSPS) is 30.8. The first kappa shape index (κ1) is 21.1. The van der Waals surface area contributed by atoms with E-state index < -0.39 is 5.54 Å². The fourth-order valence-corrected chi connectivity index (χ4v) is 6.64. The minimum atomic E-state index is -0.991. The molecule has 0 radical (unpaired) electrons. The van der Waals surface area contributed by atoms with Gasteiger partial charge in [-0.2, -0.15) is 0 Å². The Morgan fingerprint density at radius 3 is 2.76 bits per heavy atom. The molecule has 4 aliphatic rings. The van der Waals surface area contributed by atoms with Gasteiger partial charge in [0.2, 0.25) is 0 Å². The number of aliphatic imine (C=N–C) groups is 1. The van der Waals surface area contributed by atoms with E-state index in [1.807, 2.05) is 0 Å². The van der Waals surface area contributed by atoms with E-state index in [1.165, 1.54) is 29.7 Å². The highest BCUT2D eigenvalue weighted by atomic mass is 32.1. The molecule has 1 aromatic heterocycles. The van der Waals surface area contributed by atoms with Gasteiger partial charge in [-0.15, -0.1) is 11.3 Å². The number of aromatic nitrogens is 1. The monoisotopic (exact) mass is 466 g/mol. The molecule has 1 aromatic carbocycles. The van der Waals surface area contributed by atoms with E-state index >= 15 is 0 Å². The minimum absolute atomic E-state index is 0.0117. The number of benzene rings is 1. The van der Waals surface area contributed by atoms with Gasteiger partial charge in [-0.25, -0.2) is 4.99 Å². The Hall–Kier alpha value is -2.45. The maximum absolute atomic E-state index is 14.3. The molecule has 1 amide bonds. The zero-order valence-electron chi connectivity index (χ0n) is 19.0. The van der Waals surface area contributed by atoms with E-state index in [0.717, 1.165) is 54.9 Å². The van der Waals surface area contributed by atoms with Crippen LogP contribution in [0.15, 0.2) is 34.9 Å². The van der Waals surface area contributed by atoms with Gasteiger partial charge in [0.1, 0.15) is 5.75 Å². The quantitative estimate of drug-likeness (QED) is 0.702. The second-order valence-corrected chi connectivity index (χ2v) is 11.0. The van der Waals surface area contributed by atoms with Gasteiger partial charge in [-0.3, -0.25) is 14.7 Å². The third-order valence-electron chi connectivity index (χ3n) is 8.08. The van der Waals surface area contributed by atoms with Crippen molar-refractivity contribution in [1.82, 2.24) is 9.88 Å². The van der Waals surface area contributed by atoms with Gasteiger partial charge >= 0.3 is 0 Å². The lowest BCUT2D eigenvalue weighted by Crippen LogP contribution is -2.52. The summed E-state index contributed by atoms with van der Waals surface area (Å²) in [5.74, 6) is 1.78. The van der Waals surface area contributed by atoms with Crippen LogP contribution in [0.3, 0.4) is 0 Å². The number of carbonyl (C=O) groups is 1. The molecule has 2 spiro atoms. The second kappa shape index (κ2) is 7.81. The van der Waals surface area contributed by atoms with Crippen molar-refractivity contribution in [2.24, 2.45) is 22.1 Å². The first-order chi connectivity index (χ1) is 16.0. The van der Waals surface area contributed by atoms with Gasteiger partial charge in [-0.05, 0) is 74.1 Å². The SMILES string of the molecule is COC1CCC2(CC1)Cc1ccc(OCC3CC3)cc1C21N=C(N)N(Cc2cncs2)C1=O. The summed E-state index contributed by atoms with van der Waals surface area (Å²) >= 11 is 1.53. The van der Waals surface area contributed by atoms with E-state index in [1.54, 1.807) is 23.7 Å². The number of ether oxygens (including phenoxy) is 2. The van der Waals surface area contributed by atoms with Gasteiger partial charge in [0.15, 0.2) is 11.5 Å². The molecule has 174 valence electrons. The topological polar surface area (TPSA) is 90.0 Å². The van der Waals surface area contributed by atoms with E-state index in [2.05, 4.69) is 23.2 Å². The third-order valence-corrected chi connectivity index (χ3v) is 8.85. The van der Waals surface area contributed by atoms with E-state index in [-0.39, 0.29) is 17.4 Å². The van der Waals surface area contributed by atoms with Crippen LogP contribution in [0.25, 0.3) is 0 Å². The molecule has 1 aliphatic heterocycles. The molecule has 8 heteroatoms. The molecule has 2 aromatic rings. The average Bonchev–Trinajstić information content (AvgIpc) is 3.36. The number of nitrogens with zero attached hydrogens (tertiary/aromatic N) is 3. The molecule has 0 saturated heterocycles. The largest absolute Gasteiger partial charge is 0.493 e. The molecule has 2 saturated carbocycles. The van der Waals surface area contributed by atoms with Crippen molar-refractivity contribution < 1.29 is 14.3 Å². The van der Waals surface area contributed by atoms with Gasteiger partial charge < -0.3 is 15.2 Å². The lowest BCUT2D eigenvalue weighted by atomic mass is 9.61. The molecule has 33 heavy (non-hydrogen) atoms. The van der Waals surface area contributed by atoms with E-state index in [0.29, 0.717) is 18.4 Å². The zero-order chi connectivity index (χ0) is 22.6. The van der Waals surface area contributed by atoms with Crippen molar-refractivity contribution in [3.63, 3.8) is 0 Å². The molecule has 7 nitrogen and oxygen atoms in total. The van der Waals surface area contributed by atoms with Gasteiger partial charge in [0, 0.05) is 23.6 Å². The molecular weight excluding hydrogens is 436 g/mol. The lowest BCUT2D eigenvalue weighted by Gasteiger charge is -2.45. The van der Waals surface area contributed by atoms with Crippen molar-refractivity contribution in [1.29, 1.82) is 0 Å². The Bertz CT molecular complexity index is 1090. The Morgan fingerprint density at radius 2 is 2.06 bits per heavy atom. The molecule has 6 rings (SSSR count). The summed E-state index contributed by atoms with van der Waals surface area (Å²) in [6.45, 7) is 1.15. The maximum atomic E-state index is 14.3. The van der Waals surface area contributed by atoms with Crippen LogP contribution in [0.1, 0.15) is 54.5 Å². The first-order valence-electron chi connectivity index (χ1n) is 11.9. The van der Waals surface area contributed by atoms with Crippen LogP contribution in [0.4, 0.5) is 0 Å². The fourth-order valence-electron chi connectivity index (χ4n) is 6.06. The second-order valence-electron chi connectivity index (χ2n) is 10.0. The van der Waals surface area contributed by atoms with E-state index in [9.17, 15) is 4.79 Å². The smallest absolute Gasteiger partial charge is 0.262 e. The predicted molar refractivity (Wildman–Crippen MR) is 126 cm³/mol. The summed E-state index contributed by atoms with van der Waals surface area (Å²) in [7, 11) is 1.78. The molecule has 1 unspecified atom stereocenters.